The molecule has 1 heterocycles. The smallest absolute Gasteiger partial charge is 0.226 e. The number of aromatic nitrogens is 2. The summed E-state index contributed by atoms with van der Waals surface area (Å²) in [6.45, 7) is 0.686. The lowest BCUT2D eigenvalue weighted by atomic mass is 9.97. The van der Waals surface area contributed by atoms with Crippen molar-refractivity contribution in [2.24, 2.45) is 0 Å². The molecule has 5 heteroatoms. The zero-order chi connectivity index (χ0) is 13.5. The Morgan fingerprint density at radius 2 is 2.11 bits per heavy atom. The highest BCUT2D eigenvalue weighted by Gasteiger charge is 2.17. The van der Waals surface area contributed by atoms with Crippen molar-refractivity contribution in [3.05, 3.63) is 11.8 Å². The van der Waals surface area contributed by atoms with E-state index in [0.29, 0.717) is 24.7 Å². The Kier molecular flexibility index (Phi) is 5.39. The molecule has 0 aliphatic heterocycles. The highest BCUT2D eigenvalue weighted by molar-refractivity contribution is 5.89. The fourth-order valence-electron chi connectivity index (χ4n) is 2.64. The number of hydrogen-bond donors (Lipinski definition) is 3. The summed E-state index contributed by atoms with van der Waals surface area (Å²) in [5.74, 6) is 1.24. The van der Waals surface area contributed by atoms with Crippen molar-refractivity contribution in [3.63, 3.8) is 0 Å². The molecule has 1 fully saturated rings. The molecule has 0 bridgehead atoms. The molecule has 0 spiro atoms. The summed E-state index contributed by atoms with van der Waals surface area (Å²) in [5, 5.41) is 13.1. The lowest BCUT2D eigenvalue weighted by Gasteiger charge is -2.10. The van der Waals surface area contributed by atoms with Crippen LogP contribution >= 0.6 is 0 Å². The number of H-pyrrole nitrogens is 1. The molecule has 0 unspecified atom stereocenters. The number of hydrogen-bond acceptors (Lipinski definition) is 3. The van der Waals surface area contributed by atoms with E-state index in [1.165, 1.54) is 44.2 Å². The molecule has 1 aromatic heterocycles. The van der Waals surface area contributed by atoms with Crippen LogP contribution in [-0.2, 0) is 4.79 Å². The second-order valence-corrected chi connectivity index (χ2v) is 5.30. The quantitative estimate of drug-likeness (QED) is 0.715. The van der Waals surface area contributed by atoms with Crippen molar-refractivity contribution in [2.45, 2.75) is 50.9 Å². The van der Waals surface area contributed by atoms with Crippen LogP contribution in [0.4, 0.5) is 5.82 Å². The summed E-state index contributed by atoms with van der Waals surface area (Å²) in [7, 11) is 1.84. The van der Waals surface area contributed by atoms with Gasteiger partial charge in [-0.2, -0.15) is 5.10 Å². The van der Waals surface area contributed by atoms with Crippen molar-refractivity contribution in [2.75, 3.05) is 18.9 Å². The number of nitrogens with one attached hydrogen (secondary N) is 3. The van der Waals surface area contributed by atoms with Crippen LogP contribution in [0.1, 0.15) is 56.6 Å². The minimum atomic E-state index is 0.00765. The summed E-state index contributed by atoms with van der Waals surface area (Å²) in [6.07, 6.45) is 8.23. The second kappa shape index (κ2) is 7.28. The van der Waals surface area contributed by atoms with Gasteiger partial charge in [-0.15, -0.1) is 0 Å². The maximum Gasteiger partial charge on any atom is 0.226 e. The minimum Gasteiger partial charge on any atom is -0.319 e. The van der Waals surface area contributed by atoms with Crippen LogP contribution in [0.2, 0.25) is 0 Å². The number of amides is 1. The van der Waals surface area contributed by atoms with E-state index in [2.05, 4.69) is 20.8 Å². The maximum atomic E-state index is 11.6. The normalized spacial score (nSPS) is 17.1. The Hall–Kier alpha value is -1.36. The molecule has 5 nitrogen and oxygen atoms in total. The van der Waals surface area contributed by atoms with Gasteiger partial charge in [-0.05, 0) is 19.9 Å². The third-order valence-corrected chi connectivity index (χ3v) is 3.76. The van der Waals surface area contributed by atoms with Crippen LogP contribution in [-0.4, -0.2) is 29.7 Å². The van der Waals surface area contributed by atoms with Crippen LogP contribution in [0, 0.1) is 0 Å². The predicted octanol–water partition coefficient (Wildman–Crippen LogP) is 2.40. The predicted molar refractivity (Wildman–Crippen MR) is 76.2 cm³/mol. The summed E-state index contributed by atoms with van der Waals surface area (Å²) in [6, 6.07) is 1.99. The third kappa shape index (κ3) is 4.35. The average molecular weight is 264 g/mol. The van der Waals surface area contributed by atoms with Crippen LogP contribution in [0.5, 0.6) is 0 Å². The van der Waals surface area contributed by atoms with E-state index in [9.17, 15) is 4.79 Å². The second-order valence-electron chi connectivity index (χ2n) is 5.30. The van der Waals surface area contributed by atoms with Gasteiger partial charge in [0.05, 0.1) is 0 Å². The van der Waals surface area contributed by atoms with Crippen molar-refractivity contribution in [3.8, 4) is 0 Å². The lowest BCUT2D eigenvalue weighted by molar-refractivity contribution is -0.116. The average Bonchev–Trinajstić information content (AvgIpc) is 2.70. The summed E-state index contributed by atoms with van der Waals surface area (Å²) < 4.78 is 0. The highest BCUT2D eigenvalue weighted by Crippen LogP contribution is 2.31. The van der Waals surface area contributed by atoms with Crippen molar-refractivity contribution < 1.29 is 4.79 Å². The Labute approximate surface area is 114 Å². The number of anilines is 1. The molecule has 0 radical (unpaired) electrons. The van der Waals surface area contributed by atoms with Gasteiger partial charge in [0.1, 0.15) is 0 Å². The number of nitrogens with zero attached hydrogens (tertiary/aromatic N) is 1. The number of carbonyl (C=O) groups is 1. The minimum absolute atomic E-state index is 0.00765. The first-order valence-electron chi connectivity index (χ1n) is 7.29. The number of aromatic amines is 1. The van der Waals surface area contributed by atoms with Gasteiger partial charge >= 0.3 is 0 Å². The lowest BCUT2D eigenvalue weighted by Crippen LogP contribution is -2.18. The van der Waals surface area contributed by atoms with Crippen LogP contribution < -0.4 is 10.6 Å². The molecule has 1 aliphatic carbocycles. The molecule has 1 amide bonds. The van der Waals surface area contributed by atoms with E-state index in [4.69, 9.17) is 0 Å². The summed E-state index contributed by atoms with van der Waals surface area (Å²) >= 11 is 0. The summed E-state index contributed by atoms with van der Waals surface area (Å²) in [5.41, 5.74) is 1.17. The van der Waals surface area contributed by atoms with Crippen molar-refractivity contribution in [1.82, 2.24) is 15.5 Å². The first-order valence-corrected chi connectivity index (χ1v) is 7.29. The molecule has 1 saturated carbocycles. The van der Waals surface area contributed by atoms with E-state index in [1.54, 1.807) is 0 Å². The molecule has 2 rings (SSSR count). The Morgan fingerprint density at radius 1 is 1.37 bits per heavy atom. The Morgan fingerprint density at radius 3 is 2.79 bits per heavy atom. The fraction of sp³-hybridized carbons (Fsp3) is 0.714. The zero-order valence-electron chi connectivity index (χ0n) is 11.7. The Bertz CT molecular complexity index is 394. The number of carbonyl (C=O) groups excluding carboxylic acids is 1. The van der Waals surface area contributed by atoms with E-state index >= 15 is 0 Å². The summed E-state index contributed by atoms with van der Waals surface area (Å²) in [4.78, 5) is 11.6. The largest absolute Gasteiger partial charge is 0.319 e. The van der Waals surface area contributed by atoms with Gasteiger partial charge in [0, 0.05) is 30.6 Å². The molecule has 1 aliphatic rings. The first kappa shape index (κ1) is 14.1. The molecule has 0 atom stereocenters. The number of rotatable bonds is 5. The molecular formula is C14H24N4O. The topological polar surface area (TPSA) is 69.8 Å². The van der Waals surface area contributed by atoms with Gasteiger partial charge in [-0.1, -0.05) is 25.7 Å². The van der Waals surface area contributed by atoms with E-state index < -0.39 is 0 Å². The van der Waals surface area contributed by atoms with Gasteiger partial charge in [0.25, 0.3) is 0 Å². The molecule has 1 aromatic rings. The van der Waals surface area contributed by atoms with Gasteiger partial charge < -0.3 is 10.6 Å². The third-order valence-electron chi connectivity index (χ3n) is 3.76. The molecule has 3 N–H and O–H groups in total. The SMILES string of the molecule is CNCCC(=O)Nc1cc(C2CCCCCC2)[nH]n1. The van der Waals surface area contributed by atoms with Gasteiger partial charge in [0.2, 0.25) is 5.91 Å². The monoisotopic (exact) mass is 264 g/mol. The molecule has 0 saturated heterocycles. The fourth-order valence-corrected chi connectivity index (χ4v) is 2.64. The van der Waals surface area contributed by atoms with Crippen LogP contribution in [0.15, 0.2) is 6.07 Å². The standard InChI is InChI=1S/C14H24N4O/c1-15-9-8-14(19)16-13-10-12(17-18-13)11-6-4-2-3-5-7-11/h10-11,15H,2-9H2,1H3,(H2,16,17,18,19). The van der Waals surface area contributed by atoms with Gasteiger partial charge in [-0.3, -0.25) is 9.89 Å². The molecule has 106 valence electrons. The molecule has 0 aromatic carbocycles. The first-order chi connectivity index (χ1) is 9.29. The van der Waals surface area contributed by atoms with Crippen LogP contribution in [0.25, 0.3) is 0 Å². The molecular weight excluding hydrogens is 240 g/mol. The van der Waals surface area contributed by atoms with E-state index in [1.807, 2.05) is 13.1 Å². The van der Waals surface area contributed by atoms with Gasteiger partial charge in [0.15, 0.2) is 5.82 Å². The van der Waals surface area contributed by atoms with Crippen molar-refractivity contribution in [1.29, 1.82) is 0 Å². The highest BCUT2D eigenvalue weighted by atomic mass is 16.1. The maximum absolute atomic E-state index is 11.6. The zero-order valence-corrected chi connectivity index (χ0v) is 11.7. The van der Waals surface area contributed by atoms with Gasteiger partial charge in [-0.25, -0.2) is 0 Å². The van der Waals surface area contributed by atoms with Crippen LogP contribution in [0.3, 0.4) is 0 Å². The Balaban J connectivity index is 1.88. The van der Waals surface area contributed by atoms with Crippen molar-refractivity contribution >= 4 is 11.7 Å². The van der Waals surface area contributed by atoms with E-state index in [0.717, 1.165) is 0 Å². The van der Waals surface area contributed by atoms with E-state index in [-0.39, 0.29) is 5.91 Å². The molecule has 19 heavy (non-hydrogen) atoms.